The highest BCUT2D eigenvalue weighted by Crippen LogP contribution is 2.31. The Labute approximate surface area is 240 Å². The molecule has 4 aliphatic rings. The molecule has 224 valence electrons. The highest BCUT2D eigenvalue weighted by molar-refractivity contribution is 6.33. The lowest BCUT2D eigenvalue weighted by Gasteiger charge is -2.43. The van der Waals surface area contributed by atoms with Crippen LogP contribution in [-0.2, 0) is 14.3 Å². The van der Waals surface area contributed by atoms with Crippen LogP contribution in [0.3, 0.4) is 0 Å². The Hall–Kier alpha value is -2.19. The number of carbonyl (C=O) groups excluding carboxylic acids is 2. The molecular weight excluding hydrogens is 538 g/mol. The Bertz CT molecular complexity index is 1030. The van der Waals surface area contributed by atoms with Gasteiger partial charge in [0.25, 0.3) is 11.9 Å². The number of nitrogens with zero attached hydrogens (tertiary/aromatic N) is 2. The molecule has 2 unspecified atom stereocenters. The van der Waals surface area contributed by atoms with Gasteiger partial charge in [0.05, 0.1) is 28.4 Å². The average molecular weight is 582 g/mol. The van der Waals surface area contributed by atoms with Gasteiger partial charge in [0, 0.05) is 39.2 Å². The minimum Gasteiger partial charge on any atom is -0.461 e. The number of amides is 1. The van der Waals surface area contributed by atoms with Crippen molar-refractivity contribution in [2.75, 3.05) is 52.1 Å². The highest BCUT2D eigenvalue weighted by atomic mass is 35.5. The zero-order chi connectivity index (χ0) is 28.9. The lowest BCUT2D eigenvalue weighted by molar-refractivity contribution is -0.158. The maximum absolute atomic E-state index is 13.2. The first kappa shape index (κ1) is 30.8. The topological polar surface area (TPSA) is 184 Å². The summed E-state index contributed by atoms with van der Waals surface area (Å²) in [5, 5.41) is 3.21. The van der Waals surface area contributed by atoms with E-state index in [4.69, 9.17) is 48.7 Å². The number of halogens is 1. The molecule has 12 nitrogen and oxygen atoms in total. The molecular formula is C27H44ClN7O5. The molecule has 9 N–H and O–H groups in total. The van der Waals surface area contributed by atoms with Crippen molar-refractivity contribution < 1.29 is 23.8 Å². The molecule has 40 heavy (non-hydrogen) atoms. The summed E-state index contributed by atoms with van der Waals surface area (Å²) in [6, 6.07) is 2.54. The molecule has 4 heterocycles. The fourth-order valence-corrected chi connectivity index (χ4v) is 6.07. The summed E-state index contributed by atoms with van der Waals surface area (Å²) in [7, 11) is 1.63. The van der Waals surface area contributed by atoms with Crippen molar-refractivity contribution >= 4 is 29.2 Å². The van der Waals surface area contributed by atoms with E-state index in [2.05, 4.69) is 15.1 Å². The standard InChI is InChI=1S/C27H44ClN7O5/c1-38-24-16-34(9-4-2-3-5-25(36)39-23-15-35-10-6-17(23)7-11-35)12-8-21(24)33-26(37)18-13-19(28)20(29)14-22(18)40-27(30,31)32/h13-14,17,21,23-24H,2-12,15-16,29-32H2,1H3,(H,33,37)/t21?,23-,24?/m0/s1. The Kier molecular flexibility index (Phi) is 10.5. The van der Waals surface area contributed by atoms with Gasteiger partial charge < -0.3 is 30.2 Å². The molecule has 0 aromatic heterocycles. The van der Waals surface area contributed by atoms with E-state index >= 15 is 0 Å². The fourth-order valence-electron chi connectivity index (χ4n) is 5.91. The highest BCUT2D eigenvalue weighted by Gasteiger charge is 2.36. The molecule has 5 rings (SSSR count). The summed E-state index contributed by atoms with van der Waals surface area (Å²) in [6.45, 7) is 5.54. The Balaban J connectivity index is 1.19. The number of nitrogens with two attached hydrogens (primary N) is 4. The second-order valence-corrected chi connectivity index (χ2v) is 11.7. The number of esters is 1. The summed E-state index contributed by atoms with van der Waals surface area (Å²) in [4.78, 5) is 30.2. The molecule has 0 saturated carbocycles. The van der Waals surface area contributed by atoms with Gasteiger partial charge in [-0.25, -0.2) is 0 Å². The smallest absolute Gasteiger partial charge is 0.306 e. The number of hydrogen-bond donors (Lipinski definition) is 5. The number of unbranched alkanes of at least 4 members (excludes halogenated alkanes) is 2. The first-order valence-electron chi connectivity index (χ1n) is 14.1. The second-order valence-electron chi connectivity index (χ2n) is 11.2. The summed E-state index contributed by atoms with van der Waals surface area (Å²) in [6.07, 6.45) is 6.08. The van der Waals surface area contributed by atoms with Gasteiger partial charge >= 0.3 is 5.97 Å². The Morgan fingerprint density at radius 2 is 1.80 bits per heavy atom. The number of fused-ring (bicyclic) bond motifs is 3. The lowest BCUT2D eigenvalue weighted by atomic mass is 9.86. The number of methoxy groups -OCH3 is 1. The van der Waals surface area contributed by atoms with E-state index in [0.29, 0.717) is 25.3 Å². The van der Waals surface area contributed by atoms with Crippen LogP contribution in [0.2, 0.25) is 5.02 Å². The van der Waals surface area contributed by atoms with Crippen LogP contribution < -0.4 is 33.0 Å². The number of piperidine rings is 4. The first-order valence-corrected chi connectivity index (χ1v) is 14.5. The van der Waals surface area contributed by atoms with Crippen molar-refractivity contribution in [2.24, 2.45) is 23.1 Å². The van der Waals surface area contributed by atoms with E-state index in [1.54, 1.807) is 7.11 Å². The molecule has 4 saturated heterocycles. The molecule has 4 fully saturated rings. The van der Waals surface area contributed by atoms with E-state index in [-0.39, 0.29) is 46.2 Å². The fraction of sp³-hybridized carbons (Fsp3) is 0.704. The van der Waals surface area contributed by atoms with Crippen molar-refractivity contribution in [3.63, 3.8) is 0 Å². The first-order chi connectivity index (χ1) is 19.0. The molecule has 13 heteroatoms. The number of nitrogen functional groups attached to an aromatic ring is 1. The molecule has 1 aromatic rings. The number of benzene rings is 1. The van der Waals surface area contributed by atoms with Crippen molar-refractivity contribution in [3.8, 4) is 5.75 Å². The van der Waals surface area contributed by atoms with E-state index < -0.39 is 11.9 Å². The van der Waals surface area contributed by atoms with Crippen molar-refractivity contribution in [3.05, 3.63) is 22.7 Å². The Morgan fingerprint density at radius 3 is 2.45 bits per heavy atom. The SMILES string of the molecule is COC1CN(CCCCCC(=O)O[C@H]2CN3CCC2CC3)CCC1NC(=O)c1cc(Cl)c(N)cc1OC(N)(N)N. The van der Waals surface area contributed by atoms with Crippen LogP contribution in [0.4, 0.5) is 5.69 Å². The van der Waals surface area contributed by atoms with Gasteiger partial charge in [0.15, 0.2) is 0 Å². The van der Waals surface area contributed by atoms with Crippen LogP contribution in [0.15, 0.2) is 12.1 Å². The maximum Gasteiger partial charge on any atom is 0.306 e. The number of rotatable bonds is 12. The van der Waals surface area contributed by atoms with Crippen LogP contribution in [-0.4, -0.2) is 92.3 Å². The van der Waals surface area contributed by atoms with E-state index in [9.17, 15) is 9.59 Å². The van der Waals surface area contributed by atoms with E-state index in [0.717, 1.165) is 64.8 Å². The summed E-state index contributed by atoms with van der Waals surface area (Å²) >= 11 is 6.15. The molecule has 0 radical (unpaired) electrons. The molecule has 4 aliphatic heterocycles. The summed E-state index contributed by atoms with van der Waals surface area (Å²) in [5.41, 5.74) is 22.9. The van der Waals surface area contributed by atoms with Crippen LogP contribution in [0, 0.1) is 5.92 Å². The third-order valence-electron chi connectivity index (χ3n) is 8.13. The number of likely N-dealkylation sites (tertiary alicyclic amines) is 1. The normalized spacial score (nSPS) is 26.9. The molecule has 3 atom stereocenters. The van der Waals surface area contributed by atoms with Crippen molar-refractivity contribution in [1.29, 1.82) is 0 Å². The number of nitrogens with one attached hydrogen (secondary N) is 1. The number of anilines is 1. The molecule has 0 aliphatic carbocycles. The molecule has 0 spiro atoms. The van der Waals surface area contributed by atoms with Gasteiger partial charge in [0.2, 0.25) is 0 Å². The van der Waals surface area contributed by atoms with E-state index in [1.165, 1.54) is 12.1 Å². The van der Waals surface area contributed by atoms with Gasteiger partial charge in [-0.1, -0.05) is 18.0 Å². The van der Waals surface area contributed by atoms with Gasteiger partial charge in [-0.15, -0.1) is 0 Å². The van der Waals surface area contributed by atoms with Gasteiger partial charge in [0.1, 0.15) is 11.9 Å². The summed E-state index contributed by atoms with van der Waals surface area (Å²) in [5.74, 6) is -1.92. The quantitative estimate of drug-likeness (QED) is 0.102. The molecule has 1 amide bonds. The number of ether oxygens (including phenoxy) is 3. The van der Waals surface area contributed by atoms with Crippen molar-refractivity contribution in [2.45, 2.75) is 69.2 Å². The van der Waals surface area contributed by atoms with Gasteiger partial charge in [-0.2, -0.15) is 0 Å². The summed E-state index contributed by atoms with van der Waals surface area (Å²) < 4.78 is 16.8. The van der Waals surface area contributed by atoms with Gasteiger partial charge in [-0.3, -0.25) is 31.7 Å². The third-order valence-corrected chi connectivity index (χ3v) is 8.45. The molecule has 2 bridgehead atoms. The van der Waals surface area contributed by atoms with Crippen LogP contribution in [0.5, 0.6) is 5.75 Å². The van der Waals surface area contributed by atoms with Crippen molar-refractivity contribution in [1.82, 2.24) is 15.1 Å². The zero-order valence-corrected chi connectivity index (χ0v) is 24.0. The van der Waals surface area contributed by atoms with Crippen LogP contribution >= 0.6 is 11.6 Å². The van der Waals surface area contributed by atoms with Gasteiger partial charge in [-0.05, 0) is 63.7 Å². The zero-order valence-electron chi connectivity index (χ0n) is 23.3. The second kappa shape index (κ2) is 13.6. The largest absolute Gasteiger partial charge is 0.461 e. The average Bonchev–Trinajstić information content (AvgIpc) is 2.91. The Morgan fingerprint density at radius 1 is 1.05 bits per heavy atom. The van der Waals surface area contributed by atoms with Crippen LogP contribution in [0.25, 0.3) is 0 Å². The molecule has 1 aromatic carbocycles. The lowest BCUT2D eigenvalue weighted by Crippen LogP contribution is -2.62. The van der Waals surface area contributed by atoms with E-state index in [1.807, 2.05) is 0 Å². The number of hydrogen-bond acceptors (Lipinski definition) is 11. The minimum atomic E-state index is -2.00. The van der Waals surface area contributed by atoms with Crippen LogP contribution in [0.1, 0.15) is 55.3 Å². The predicted molar refractivity (Wildman–Crippen MR) is 152 cm³/mol. The minimum absolute atomic E-state index is 0.0333. The number of carbonyl (C=O) groups is 2. The monoisotopic (exact) mass is 581 g/mol. The maximum atomic E-state index is 13.2. The predicted octanol–water partition coefficient (Wildman–Crippen LogP) is 0.805. The third kappa shape index (κ3) is 8.41.